The summed E-state index contributed by atoms with van der Waals surface area (Å²) in [6.45, 7) is 0.815. The molecule has 3 N–H and O–H groups in total. The number of hydrogen-bond acceptors (Lipinski definition) is 3. The zero-order valence-corrected chi connectivity index (χ0v) is 12.0. The maximum atomic E-state index is 11.5. The van der Waals surface area contributed by atoms with E-state index in [4.69, 9.17) is 9.94 Å². The first kappa shape index (κ1) is 17.0. The Hall–Kier alpha value is -2.08. The fourth-order valence-electron chi connectivity index (χ4n) is 1.78. The molecule has 0 radical (unpaired) electrons. The van der Waals surface area contributed by atoms with Crippen LogP contribution in [0.2, 0.25) is 0 Å². The lowest BCUT2D eigenvalue weighted by atomic mass is 10.1. The molecule has 0 heterocycles. The molecule has 1 aromatic rings. The van der Waals surface area contributed by atoms with E-state index < -0.39 is 6.09 Å². The molecular weight excluding hydrogens is 272 g/mol. The van der Waals surface area contributed by atoms with Crippen molar-refractivity contribution in [2.75, 3.05) is 6.54 Å². The Morgan fingerprint density at radius 3 is 2.48 bits per heavy atom. The van der Waals surface area contributed by atoms with Gasteiger partial charge < -0.3 is 10.4 Å². The summed E-state index contributed by atoms with van der Waals surface area (Å²) < 4.78 is 0. The van der Waals surface area contributed by atoms with E-state index in [2.05, 4.69) is 10.8 Å². The molecule has 1 aromatic carbocycles. The highest BCUT2D eigenvalue weighted by atomic mass is 16.6. The molecule has 21 heavy (non-hydrogen) atoms. The molecule has 6 heteroatoms. The lowest BCUT2D eigenvalue weighted by Gasteiger charge is -2.06. The van der Waals surface area contributed by atoms with Gasteiger partial charge in [0.2, 0.25) is 5.91 Å². The van der Waals surface area contributed by atoms with Crippen LogP contribution in [0.15, 0.2) is 30.3 Å². The highest BCUT2D eigenvalue weighted by Crippen LogP contribution is 2.03. The Morgan fingerprint density at radius 1 is 1.05 bits per heavy atom. The average Bonchev–Trinajstić information content (AvgIpc) is 2.47. The van der Waals surface area contributed by atoms with Gasteiger partial charge in [0.15, 0.2) is 0 Å². The SMILES string of the molecule is O=C(O)NCCCCCCC(=O)NOCc1ccccc1. The summed E-state index contributed by atoms with van der Waals surface area (Å²) >= 11 is 0. The Bertz CT molecular complexity index is 423. The van der Waals surface area contributed by atoms with Gasteiger partial charge in [0.1, 0.15) is 0 Å². The number of hydroxylamine groups is 1. The first-order chi connectivity index (χ1) is 10.2. The molecule has 0 unspecified atom stereocenters. The highest BCUT2D eigenvalue weighted by molar-refractivity contribution is 5.74. The van der Waals surface area contributed by atoms with Crippen LogP contribution in [-0.4, -0.2) is 23.7 Å². The Labute approximate surface area is 124 Å². The second kappa shape index (κ2) is 10.7. The van der Waals surface area contributed by atoms with Crippen molar-refractivity contribution < 1.29 is 19.5 Å². The van der Waals surface area contributed by atoms with Gasteiger partial charge in [-0.3, -0.25) is 9.63 Å². The van der Waals surface area contributed by atoms with Crippen LogP contribution in [0.1, 0.15) is 37.7 Å². The molecule has 0 aliphatic carbocycles. The zero-order valence-electron chi connectivity index (χ0n) is 12.0. The first-order valence-corrected chi connectivity index (χ1v) is 7.10. The highest BCUT2D eigenvalue weighted by Gasteiger charge is 2.01. The monoisotopic (exact) mass is 294 g/mol. The molecule has 1 rings (SSSR count). The topological polar surface area (TPSA) is 87.7 Å². The molecule has 2 amide bonds. The van der Waals surface area contributed by atoms with Crippen molar-refractivity contribution in [2.45, 2.75) is 38.7 Å². The van der Waals surface area contributed by atoms with Crippen molar-refractivity contribution in [3.63, 3.8) is 0 Å². The number of carboxylic acid groups (broad SMARTS) is 1. The third-order valence-corrected chi connectivity index (χ3v) is 2.87. The summed E-state index contributed by atoms with van der Waals surface area (Å²) in [6.07, 6.45) is 2.78. The minimum absolute atomic E-state index is 0.130. The lowest BCUT2D eigenvalue weighted by molar-refractivity contribution is -0.134. The van der Waals surface area contributed by atoms with Gasteiger partial charge in [-0.05, 0) is 18.4 Å². The van der Waals surface area contributed by atoms with Gasteiger partial charge in [0, 0.05) is 13.0 Å². The van der Waals surface area contributed by atoms with Crippen molar-refractivity contribution in [2.24, 2.45) is 0 Å². The zero-order chi connectivity index (χ0) is 15.3. The van der Waals surface area contributed by atoms with Gasteiger partial charge >= 0.3 is 6.09 Å². The van der Waals surface area contributed by atoms with Gasteiger partial charge in [-0.2, -0.15) is 0 Å². The smallest absolute Gasteiger partial charge is 0.404 e. The number of amides is 2. The molecule has 0 aliphatic rings. The third-order valence-electron chi connectivity index (χ3n) is 2.87. The summed E-state index contributed by atoms with van der Waals surface area (Å²) in [5.74, 6) is -0.130. The van der Waals surface area contributed by atoms with E-state index in [-0.39, 0.29) is 5.91 Å². The van der Waals surface area contributed by atoms with E-state index in [1.807, 2.05) is 30.3 Å². The second-order valence-electron chi connectivity index (χ2n) is 4.70. The van der Waals surface area contributed by atoms with Crippen molar-refractivity contribution >= 4 is 12.0 Å². The Kier molecular flexibility index (Phi) is 8.63. The fourth-order valence-corrected chi connectivity index (χ4v) is 1.78. The van der Waals surface area contributed by atoms with E-state index in [0.29, 0.717) is 19.6 Å². The molecule has 0 saturated carbocycles. The van der Waals surface area contributed by atoms with Crippen molar-refractivity contribution in [3.8, 4) is 0 Å². The predicted molar refractivity (Wildman–Crippen MR) is 78.5 cm³/mol. The number of rotatable bonds is 10. The summed E-state index contributed by atoms with van der Waals surface area (Å²) in [7, 11) is 0. The molecule has 0 fully saturated rings. The first-order valence-electron chi connectivity index (χ1n) is 7.10. The number of hydrogen-bond donors (Lipinski definition) is 3. The van der Waals surface area contributed by atoms with Crippen LogP contribution in [0.4, 0.5) is 4.79 Å². The van der Waals surface area contributed by atoms with E-state index in [9.17, 15) is 9.59 Å². The van der Waals surface area contributed by atoms with Crippen LogP contribution in [0, 0.1) is 0 Å². The van der Waals surface area contributed by atoms with Crippen molar-refractivity contribution in [1.29, 1.82) is 0 Å². The minimum atomic E-state index is -0.995. The molecule has 0 atom stereocenters. The van der Waals surface area contributed by atoms with Gasteiger partial charge in [-0.15, -0.1) is 0 Å². The maximum Gasteiger partial charge on any atom is 0.404 e. The van der Waals surface area contributed by atoms with Crippen LogP contribution in [0.25, 0.3) is 0 Å². The summed E-state index contributed by atoms with van der Waals surface area (Å²) in [5.41, 5.74) is 3.42. The fraction of sp³-hybridized carbons (Fsp3) is 0.467. The molecule has 0 bridgehead atoms. The van der Waals surface area contributed by atoms with Crippen LogP contribution < -0.4 is 10.8 Å². The van der Waals surface area contributed by atoms with Crippen molar-refractivity contribution in [1.82, 2.24) is 10.8 Å². The molecule has 6 nitrogen and oxygen atoms in total. The number of benzene rings is 1. The van der Waals surface area contributed by atoms with Gasteiger partial charge in [-0.25, -0.2) is 10.3 Å². The quantitative estimate of drug-likeness (QED) is 0.457. The van der Waals surface area contributed by atoms with Crippen LogP contribution in [0.3, 0.4) is 0 Å². The number of carbonyl (C=O) groups excluding carboxylic acids is 1. The standard InChI is InChI=1S/C15H22N2O4/c18-14(10-6-1-2-7-11-16-15(19)20)17-21-12-13-8-4-3-5-9-13/h3-5,8-9,16H,1-2,6-7,10-12H2,(H,17,18)(H,19,20). The number of carbonyl (C=O) groups is 2. The molecule has 0 saturated heterocycles. The molecule has 0 spiro atoms. The largest absolute Gasteiger partial charge is 0.465 e. The summed E-state index contributed by atoms with van der Waals surface area (Å²) in [5, 5.41) is 10.7. The Morgan fingerprint density at radius 2 is 1.76 bits per heavy atom. The van der Waals surface area contributed by atoms with Gasteiger partial charge in [-0.1, -0.05) is 43.2 Å². The Balaban J connectivity index is 1.93. The number of nitrogens with one attached hydrogen (secondary N) is 2. The molecule has 0 aliphatic heterocycles. The van der Waals surface area contributed by atoms with Gasteiger partial charge in [0.05, 0.1) is 6.61 Å². The van der Waals surface area contributed by atoms with Crippen molar-refractivity contribution in [3.05, 3.63) is 35.9 Å². The average molecular weight is 294 g/mol. The third kappa shape index (κ3) is 9.45. The van der Waals surface area contributed by atoms with E-state index in [1.54, 1.807) is 0 Å². The molecule has 0 aromatic heterocycles. The van der Waals surface area contributed by atoms with Crippen LogP contribution in [0.5, 0.6) is 0 Å². The van der Waals surface area contributed by atoms with Crippen LogP contribution in [-0.2, 0) is 16.2 Å². The molecule has 116 valence electrons. The van der Waals surface area contributed by atoms with E-state index >= 15 is 0 Å². The summed E-state index contributed by atoms with van der Waals surface area (Å²) in [6, 6.07) is 9.61. The van der Waals surface area contributed by atoms with E-state index in [0.717, 1.165) is 31.2 Å². The van der Waals surface area contributed by atoms with Gasteiger partial charge in [0.25, 0.3) is 0 Å². The predicted octanol–water partition coefficient (Wildman–Crippen LogP) is 2.45. The second-order valence-corrected chi connectivity index (χ2v) is 4.70. The lowest BCUT2D eigenvalue weighted by Crippen LogP contribution is -2.23. The summed E-state index contributed by atoms with van der Waals surface area (Å²) in [4.78, 5) is 26.8. The number of unbranched alkanes of at least 4 members (excludes halogenated alkanes) is 3. The minimum Gasteiger partial charge on any atom is -0.465 e. The maximum absolute atomic E-state index is 11.5. The van der Waals surface area contributed by atoms with Crippen LogP contribution >= 0.6 is 0 Å². The molecular formula is C15H22N2O4. The van der Waals surface area contributed by atoms with E-state index in [1.165, 1.54) is 0 Å². The normalized spacial score (nSPS) is 10.1.